The van der Waals surface area contributed by atoms with Gasteiger partial charge in [0, 0.05) is 16.8 Å². The molecule has 4 aromatic rings. The second kappa shape index (κ2) is 9.91. The first-order valence-corrected chi connectivity index (χ1v) is 12.2. The lowest BCUT2D eigenvalue weighted by Crippen LogP contribution is -2.25. The summed E-state index contributed by atoms with van der Waals surface area (Å²) >= 11 is 0. The predicted octanol–water partition coefficient (Wildman–Crippen LogP) is 7.27. The van der Waals surface area contributed by atoms with Crippen LogP contribution in [0.25, 0.3) is 0 Å². The van der Waals surface area contributed by atoms with Crippen LogP contribution in [0, 0.1) is 23.0 Å². The van der Waals surface area contributed by atoms with Crippen molar-refractivity contribution in [3.8, 4) is 17.6 Å². The summed E-state index contributed by atoms with van der Waals surface area (Å²) in [7, 11) is 0. The predicted molar refractivity (Wildman–Crippen MR) is 139 cm³/mol. The number of carbonyl (C=O) groups is 2. The molecule has 0 atom stereocenters. The van der Waals surface area contributed by atoms with Gasteiger partial charge in [-0.05, 0) is 48.2 Å². The van der Waals surface area contributed by atoms with Gasteiger partial charge in [-0.2, -0.15) is 5.26 Å². The van der Waals surface area contributed by atoms with E-state index in [4.69, 9.17) is 10.00 Å². The standard InChI is InChI=1S/C31H22F2N2O3/c1-3-18-8-7-9-19(4-2)30(18)38-31-26(33)24-23(28(36)21-10-5-6-11-22(21)29(24)37)25(32)27(31)35-20-14-12-17(16-34)13-15-20/h5-15,35H,3-4H2,1-2H3. The third-order valence-electron chi connectivity index (χ3n) is 6.63. The molecule has 0 spiro atoms. The molecule has 188 valence electrons. The molecule has 0 amide bonds. The van der Waals surface area contributed by atoms with E-state index < -0.39 is 45.8 Å². The Morgan fingerprint density at radius 3 is 1.84 bits per heavy atom. The fourth-order valence-electron chi connectivity index (χ4n) is 4.65. The summed E-state index contributed by atoms with van der Waals surface area (Å²) in [5.74, 6) is -3.96. The molecule has 0 aromatic heterocycles. The zero-order valence-corrected chi connectivity index (χ0v) is 20.7. The molecule has 0 saturated carbocycles. The van der Waals surface area contributed by atoms with Crippen molar-refractivity contribution >= 4 is 22.9 Å². The summed E-state index contributed by atoms with van der Waals surface area (Å²) in [4.78, 5) is 26.7. The van der Waals surface area contributed by atoms with Gasteiger partial charge in [-0.1, -0.05) is 56.3 Å². The monoisotopic (exact) mass is 508 g/mol. The van der Waals surface area contributed by atoms with E-state index in [1.165, 1.54) is 36.4 Å². The number of nitriles is 1. The number of carbonyl (C=O) groups excluding carboxylic acids is 2. The first kappa shape index (κ1) is 24.8. The average molecular weight is 509 g/mol. The number of para-hydroxylation sites is 1. The van der Waals surface area contributed by atoms with E-state index in [2.05, 4.69) is 5.32 Å². The summed E-state index contributed by atoms with van der Waals surface area (Å²) in [6.07, 6.45) is 1.14. The molecule has 0 heterocycles. The van der Waals surface area contributed by atoms with E-state index in [0.717, 1.165) is 11.1 Å². The SMILES string of the molecule is CCc1cccc(CC)c1Oc1c(F)c2c(c(F)c1Nc1ccc(C#N)cc1)C(=O)c1ccccc1C2=O. The molecule has 4 aromatic carbocycles. The normalized spacial score (nSPS) is 12.0. The molecule has 1 aliphatic carbocycles. The number of rotatable bonds is 6. The molecule has 5 nitrogen and oxygen atoms in total. The molecule has 0 bridgehead atoms. The average Bonchev–Trinajstić information content (AvgIpc) is 2.95. The van der Waals surface area contributed by atoms with E-state index >= 15 is 8.78 Å². The lowest BCUT2D eigenvalue weighted by molar-refractivity contribution is 0.0972. The molecular weight excluding hydrogens is 486 g/mol. The van der Waals surface area contributed by atoms with Gasteiger partial charge in [-0.15, -0.1) is 0 Å². The van der Waals surface area contributed by atoms with Crippen LogP contribution in [0.4, 0.5) is 20.2 Å². The molecule has 0 fully saturated rings. The van der Waals surface area contributed by atoms with Crippen LogP contribution in [-0.4, -0.2) is 11.6 Å². The highest BCUT2D eigenvalue weighted by atomic mass is 19.1. The van der Waals surface area contributed by atoms with Gasteiger partial charge < -0.3 is 10.1 Å². The lowest BCUT2D eigenvalue weighted by Gasteiger charge is -2.24. The smallest absolute Gasteiger partial charge is 0.197 e. The van der Waals surface area contributed by atoms with Crippen molar-refractivity contribution in [3.63, 3.8) is 0 Å². The van der Waals surface area contributed by atoms with Crippen molar-refractivity contribution in [2.45, 2.75) is 26.7 Å². The number of hydrogen-bond acceptors (Lipinski definition) is 5. The Kier molecular flexibility index (Phi) is 6.48. The number of nitrogens with one attached hydrogen (secondary N) is 1. The van der Waals surface area contributed by atoms with Crippen molar-refractivity contribution in [1.29, 1.82) is 5.26 Å². The highest BCUT2D eigenvalue weighted by molar-refractivity contribution is 6.29. The summed E-state index contributed by atoms with van der Waals surface area (Å²) in [5.41, 5.74) is 0.564. The van der Waals surface area contributed by atoms with E-state index in [9.17, 15) is 9.59 Å². The highest BCUT2D eigenvalue weighted by Crippen LogP contribution is 2.45. The number of halogens is 2. The first-order valence-electron chi connectivity index (χ1n) is 12.2. The third-order valence-corrected chi connectivity index (χ3v) is 6.63. The number of anilines is 2. The fourth-order valence-corrected chi connectivity index (χ4v) is 4.65. The molecule has 7 heteroatoms. The molecule has 1 N–H and O–H groups in total. The van der Waals surface area contributed by atoms with Gasteiger partial charge in [0.25, 0.3) is 0 Å². The number of ether oxygens (including phenoxy) is 1. The minimum atomic E-state index is -1.13. The second-order valence-corrected chi connectivity index (χ2v) is 8.81. The van der Waals surface area contributed by atoms with Crippen LogP contribution in [-0.2, 0) is 12.8 Å². The van der Waals surface area contributed by atoms with E-state index in [1.807, 2.05) is 38.1 Å². The topological polar surface area (TPSA) is 79.2 Å². The van der Waals surface area contributed by atoms with Crippen molar-refractivity contribution in [1.82, 2.24) is 0 Å². The summed E-state index contributed by atoms with van der Waals surface area (Å²) in [6, 6.07) is 19.6. The molecule has 5 rings (SSSR count). The number of benzene rings is 4. The van der Waals surface area contributed by atoms with Gasteiger partial charge in [0.05, 0.1) is 22.8 Å². The van der Waals surface area contributed by atoms with Crippen molar-refractivity contribution < 1.29 is 23.1 Å². The lowest BCUT2D eigenvalue weighted by atomic mass is 9.83. The fraction of sp³-hybridized carbons (Fsp3) is 0.129. The largest absolute Gasteiger partial charge is 0.451 e. The third kappa shape index (κ3) is 4.00. The van der Waals surface area contributed by atoms with E-state index in [0.29, 0.717) is 29.8 Å². The van der Waals surface area contributed by atoms with Gasteiger partial charge in [0.15, 0.2) is 29.0 Å². The highest BCUT2D eigenvalue weighted by Gasteiger charge is 2.39. The molecule has 0 saturated heterocycles. The minimum Gasteiger partial charge on any atom is -0.451 e. The molecule has 1 aliphatic rings. The van der Waals surface area contributed by atoms with Crippen LogP contribution < -0.4 is 10.1 Å². The maximum Gasteiger partial charge on any atom is 0.197 e. The number of aryl methyl sites for hydroxylation is 2. The van der Waals surface area contributed by atoms with Gasteiger partial charge in [0.1, 0.15) is 11.4 Å². The maximum atomic E-state index is 16.3. The van der Waals surface area contributed by atoms with Crippen molar-refractivity contribution in [2.75, 3.05) is 5.32 Å². The molecule has 0 radical (unpaired) electrons. The number of nitrogens with zero attached hydrogens (tertiary/aromatic N) is 1. The van der Waals surface area contributed by atoms with Gasteiger partial charge in [0.2, 0.25) is 0 Å². The molecule has 38 heavy (non-hydrogen) atoms. The first-order chi connectivity index (χ1) is 18.4. The Morgan fingerprint density at radius 1 is 0.763 bits per heavy atom. The quantitative estimate of drug-likeness (QED) is 0.261. The van der Waals surface area contributed by atoms with Crippen LogP contribution in [0.2, 0.25) is 0 Å². The van der Waals surface area contributed by atoms with E-state index in [-0.39, 0.29) is 11.1 Å². The Hall–Kier alpha value is -4.83. The molecule has 0 aliphatic heterocycles. The number of hydrogen-bond donors (Lipinski definition) is 1. The van der Waals surface area contributed by atoms with Crippen molar-refractivity contribution in [2.24, 2.45) is 0 Å². The van der Waals surface area contributed by atoms with Crippen LogP contribution in [0.3, 0.4) is 0 Å². The van der Waals surface area contributed by atoms with Crippen LogP contribution in [0.15, 0.2) is 66.7 Å². The zero-order valence-electron chi connectivity index (χ0n) is 20.7. The Labute approximate surface area is 218 Å². The van der Waals surface area contributed by atoms with Gasteiger partial charge in [-0.3, -0.25) is 9.59 Å². The Balaban J connectivity index is 1.77. The zero-order chi connectivity index (χ0) is 27.0. The summed E-state index contributed by atoms with van der Waals surface area (Å²) in [5, 5.41) is 11.9. The van der Waals surface area contributed by atoms with Crippen LogP contribution >= 0.6 is 0 Å². The second-order valence-electron chi connectivity index (χ2n) is 8.81. The molecule has 0 unspecified atom stereocenters. The number of fused-ring (bicyclic) bond motifs is 2. The van der Waals surface area contributed by atoms with E-state index in [1.54, 1.807) is 12.1 Å². The van der Waals surface area contributed by atoms with Crippen molar-refractivity contribution in [3.05, 3.63) is 117 Å². The summed E-state index contributed by atoms with van der Waals surface area (Å²) < 4.78 is 38.7. The van der Waals surface area contributed by atoms with Gasteiger partial charge >= 0.3 is 0 Å². The minimum absolute atomic E-state index is 0.00487. The Morgan fingerprint density at radius 2 is 1.32 bits per heavy atom. The summed E-state index contributed by atoms with van der Waals surface area (Å²) in [6.45, 7) is 3.83. The number of ketones is 2. The van der Waals surface area contributed by atoms with Crippen LogP contribution in [0.5, 0.6) is 11.5 Å². The molecular formula is C31H22F2N2O3. The van der Waals surface area contributed by atoms with Gasteiger partial charge in [-0.25, -0.2) is 8.78 Å². The Bertz CT molecular complexity index is 1630. The van der Waals surface area contributed by atoms with Crippen LogP contribution in [0.1, 0.15) is 62.4 Å². The maximum absolute atomic E-state index is 16.3.